The molecule has 0 bridgehead atoms. The van der Waals surface area contributed by atoms with Gasteiger partial charge in [0.2, 0.25) is 5.91 Å². The first-order chi connectivity index (χ1) is 8.67. The number of carbonyl (C=O) groups is 1. The first kappa shape index (κ1) is 15.4. The summed E-state index contributed by atoms with van der Waals surface area (Å²) >= 11 is 0. The van der Waals surface area contributed by atoms with Gasteiger partial charge in [0.05, 0.1) is 13.2 Å². The quantitative estimate of drug-likeness (QED) is 0.675. The van der Waals surface area contributed by atoms with E-state index in [0.717, 1.165) is 45.3 Å². The molecule has 0 aliphatic carbocycles. The number of nitrogens with two attached hydrogens (primary N) is 1. The zero-order valence-electron chi connectivity index (χ0n) is 11.5. The van der Waals surface area contributed by atoms with Crippen LogP contribution in [0, 0.1) is 0 Å². The Balaban J connectivity index is 2.35. The Morgan fingerprint density at radius 2 is 2.06 bits per heavy atom. The molecule has 1 saturated heterocycles. The van der Waals surface area contributed by atoms with Gasteiger partial charge in [-0.1, -0.05) is 13.3 Å². The van der Waals surface area contributed by atoms with E-state index in [-0.39, 0.29) is 12.5 Å². The molecule has 1 aliphatic heterocycles. The molecule has 1 aliphatic rings. The number of hydrogen-bond donors (Lipinski definition) is 2. The van der Waals surface area contributed by atoms with Crippen molar-refractivity contribution < 1.29 is 9.90 Å². The number of likely N-dealkylation sites (tertiary alicyclic amines) is 1. The van der Waals surface area contributed by atoms with Crippen LogP contribution in [0.15, 0.2) is 0 Å². The number of carbonyl (C=O) groups excluding carboxylic acids is 1. The van der Waals surface area contributed by atoms with E-state index in [1.165, 1.54) is 0 Å². The monoisotopic (exact) mass is 257 g/mol. The van der Waals surface area contributed by atoms with Crippen LogP contribution in [0.2, 0.25) is 0 Å². The number of hydrogen-bond acceptors (Lipinski definition) is 4. The SMILES string of the molecule is CCCCN(CCO)C(=O)CN1CCC(N)CC1. The van der Waals surface area contributed by atoms with Crippen molar-refractivity contribution >= 4 is 5.91 Å². The molecule has 1 fully saturated rings. The van der Waals surface area contributed by atoms with Crippen molar-refractivity contribution in [3.63, 3.8) is 0 Å². The van der Waals surface area contributed by atoms with Crippen LogP contribution in [-0.2, 0) is 4.79 Å². The highest BCUT2D eigenvalue weighted by molar-refractivity contribution is 5.78. The Labute approximate surface area is 110 Å². The summed E-state index contributed by atoms with van der Waals surface area (Å²) in [5, 5.41) is 9.00. The maximum atomic E-state index is 12.1. The van der Waals surface area contributed by atoms with Crippen molar-refractivity contribution in [2.24, 2.45) is 5.73 Å². The number of rotatable bonds is 7. The maximum Gasteiger partial charge on any atom is 0.236 e. The zero-order chi connectivity index (χ0) is 13.4. The summed E-state index contributed by atoms with van der Waals surface area (Å²) in [6.45, 7) is 5.64. The maximum absolute atomic E-state index is 12.1. The third-order valence-electron chi connectivity index (χ3n) is 3.50. The molecular weight excluding hydrogens is 230 g/mol. The highest BCUT2D eigenvalue weighted by atomic mass is 16.3. The molecular formula is C13H27N3O2. The van der Waals surface area contributed by atoms with Gasteiger partial charge in [-0.3, -0.25) is 9.69 Å². The summed E-state index contributed by atoms with van der Waals surface area (Å²) < 4.78 is 0. The van der Waals surface area contributed by atoms with Crippen molar-refractivity contribution in [2.45, 2.75) is 38.6 Å². The number of aliphatic hydroxyl groups is 1. The van der Waals surface area contributed by atoms with Gasteiger partial charge in [0.25, 0.3) is 0 Å². The predicted molar refractivity (Wildman–Crippen MR) is 72.2 cm³/mol. The summed E-state index contributed by atoms with van der Waals surface area (Å²) in [5.74, 6) is 0.132. The standard InChI is InChI=1S/C13H27N3O2/c1-2-3-6-16(9-10-17)13(18)11-15-7-4-12(14)5-8-15/h12,17H,2-11,14H2,1H3. The lowest BCUT2D eigenvalue weighted by atomic mass is 10.1. The molecule has 0 aromatic heterocycles. The Morgan fingerprint density at radius 1 is 1.39 bits per heavy atom. The summed E-state index contributed by atoms with van der Waals surface area (Å²) in [4.78, 5) is 16.1. The van der Waals surface area contributed by atoms with Crippen LogP contribution in [-0.4, -0.2) is 66.2 Å². The topological polar surface area (TPSA) is 69.8 Å². The van der Waals surface area contributed by atoms with Gasteiger partial charge in [-0.25, -0.2) is 0 Å². The van der Waals surface area contributed by atoms with Crippen molar-refractivity contribution in [2.75, 3.05) is 39.3 Å². The van der Waals surface area contributed by atoms with Crippen LogP contribution in [0.25, 0.3) is 0 Å². The fourth-order valence-electron chi connectivity index (χ4n) is 2.23. The van der Waals surface area contributed by atoms with Crippen LogP contribution < -0.4 is 5.73 Å². The first-order valence-corrected chi connectivity index (χ1v) is 7.04. The third-order valence-corrected chi connectivity index (χ3v) is 3.50. The molecule has 5 nitrogen and oxygen atoms in total. The smallest absolute Gasteiger partial charge is 0.236 e. The molecule has 0 radical (unpaired) electrons. The van der Waals surface area contributed by atoms with Gasteiger partial charge in [0, 0.05) is 32.2 Å². The molecule has 1 heterocycles. The minimum atomic E-state index is 0.0420. The van der Waals surface area contributed by atoms with Crippen molar-refractivity contribution in [1.82, 2.24) is 9.80 Å². The largest absolute Gasteiger partial charge is 0.395 e. The molecule has 18 heavy (non-hydrogen) atoms. The molecule has 3 N–H and O–H groups in total. The lowest BCUT2D eigenvalue weighted by Gasteiger charge is -2.31. The summed E-state index contributed by atoms with van der Waals surface area (Å²) in [7, 11) is 0. The van der Waals surface area contributed by atoms with E-state index in [4.69, 9.17) is 10.8 Å². The van der Waals surface area contributed by atoms with E-state index in [9.17, 15) is 4.79 Å². The molecule has 0 spiro atoms. The van der Waals surface area contributed by atoms with Crippen molar-refractivity contribution in [3.05, 3.63) is 0 Å². The average molecular weight is 257 g/mol. The normalized spacial score (nSPS) is 17.9. The van der Waals surface area contributed by atoms with E-state index < -0.39 is 0 Å². The fraction of sp³-hybridized carbons (Fsp3) is 0.923. The van der Waals surface area contributed by atoms with Crippen LogP contribution in [0.3, 0.4) is 0 Å². The summed E-state index contributed by atoms with van der Waals surface area (Å²) in [6.07, 6.45) is 4.01. The van der Waals surface area contributed by atoms with E-state index in [2.05, 4.69) is 11.8 Å². The molecule has 0 unspecified atom stereocenters. The summed E-state index contributed by atoms with van der Waals surface area (Å²) in [5.41, 5.74) is 5.85. The Hall–Kier alpha value is -0.650. The molecule has 0 aromatic carbocycles. The molecule has 1 rings (SSSR count). The fourth-order valence-corrected chi connectivity index (χ4v) is 2.23. The molecule has 106 valence electrons. The Kier molecular flexibility index (Phi) is 7.23. The number of aliphatic hydroxyl groups excluding tert-OH is 1. The van der Waals surface area contributed by atoms with Crippen molar-refractivity contribution in [1.29, 1.82) is 0 Å². The second-order valence-electron chi connectivity index (χ2n) is 5.07. The second kappa shape index (κ2) is 8.45. The number of amides is 1. The highest BCUT2D eigenvalue weighted by Gasteiger charge is 2.20. The van der Waals surface area contributed by atoms with Crippen LogP contribution in [0.5, 0.6) is 0 Å². The highest BCUT2D eigenvalue weighted by Crippen LogP contribution is 2.08. The third kappa shape index (κ3) is 5.33. The van der Waals surface area contributed by atoms with Gasteiger partial charge in [-0.05, 0) is 19.3 Å². The predicted octanol–water partition coefficient (Wildman–Crippen LogP) is 0.0305. The summed E-state index contributed by atoms with van der Waals surface area (Å²) in [6, 6.07) is 0.296. The average Bonchev–Trinajstić information content (AvgIpc) is 2.37. The zero-order valence-corrected chi connectivity index (χ0v) is 11.5. The Morgan fingerprint density at radius 3 is 2.61 bits per heavy atom. The lowest BCUT2D eigenvalue weighted by molar-refractivity contribution is -0.133. The van der Waals surface area contributed by atoms with Gasteiger partial charge in [0.15, 0.2) is 0 Å². The lowest BCUT2D eigenvalue weighted by Crippen LogP contribution is -2.46. The van der Waals surface area contributed by atoms with Gasteiger partial charge in [-0.15, -0.1) is 0 Å². The first-order valence-electron chi connectivity index (χ1n) is 7.04. The van der Waals surface area contributed by atoms with E-state index >= 15 is 0 Å². The van der Waals surface area contributed by atoms with Crippen LogP contribution in [0.1, 0.15) is 32.6 Å². The van der Waals surface area contributed by atoms with Gasteiger partial charge in [-0.2, -0.15) is 0 Å². The van der Waals surface area contributed by atoms with Gasteiger partial charge < -0.3 is 15.7 Å². The van der Waals surface area contributed by atoms with Gasteiger partial charge in [0.1, 0.15) is 0 Å². The van der Waals surface area contributed by atoms with E-state index in [0.29, 0.717) is 19.1 Å². The molecule has 0 saturated carbocycles. The van der Waals surface area contributed by atoms with E-state index in [1.54, 1.807) is 4.90 Å². The molecule has 0 aromatic rings. The minimum Gasteiger partial charge on any atom is -0.395 e. The molecule has 5 heteroatoms. The number of nitrogens with zero attached hydrogens (tertiary/aromatic N) is 2. The second-order valence-corrected chi connectivity index (χ2v) is 5.07. The minimum absolute atomic E-state index is 0.0420. The molecule has 0 atom stereocenters. The molecule has 1 amide bonds. The van der Waals surface area contributed by atoms with Gasteiger partial charge >= 0.3 is 0 Å². The van der Waals surface area contributed by atoms with Crippen molar-refractivity contribution in [3.8, 4) is 0 Å². The Bertz CT molecular complexity index is 240. The number of piperidine rings is 1. The van der Waals surface area contributed by atoms with E-state index in [1.807, 2.05) is 0 Å². The van der Waals surface area contributed by atoms with Crippen LogP contribution in [0.4, 0.5) is 0 Å². The van der Waals surface area contributed by atoms with Crippen LogP contribution >= 0.6 is 0 Å². The number of unbranched alkanes of at least 4 members (excludes halogenated alkanes) is 1.